The summed E-state index contributed by atoms with van der Waals surface area (Å²) >= 11 is 1.79. The Morgan fingerprint density at radius 1 is 1.38 bits per heavy atom. The van der Waals surface area contributed by atoms with Gasteiger partial charge in [-0.25, -0.2) is 8.78 Å². The number of hydrogen-bond donors (Lipinski definition) is 1. The zero-order valence-electron chi connectivity index (χ0n) is 9.17. The van der Waals surface area contributed by atoms with Gasteiger partial charge in [0, 0.05) is 29.2 Å². The Labute approximate surface area is 98.6 Å². The van der Waals surface area contributed by atoms with Crippen LogP contribution in [0.15, 0.2) is 18.2 Å². The van der Waals surface area contributed by atoms with Crippen LogP contribution in [0.4, 0.5) is 8.78 Å². The topological polar surface area (TPSA) is 12.0 Å². The lowest BCUT2D eigenvalue weighted by molar-refractivity contribution is 0.435. The van der Waals surface area contributed by atoms with Crippen LogP contribution in [0.25, 0.3) is 0 Å². The number of nitrogens with one attached hydrogen (secondary N) is 1. The molecule has 2 atom stereocenters. The van der Waals surface area contributed by atoms with Gasteiger partial charge in [0.25, 0.3) is 0 Å². The highest BCUT2D eigenvalue weighted by Crippen LogP contribution is 2.27. The predicted molar refractivity (Wildman–Crippen MR) is 63.6 cm³/mol. The Balaban J connectivity index is 2.20. The van der Waals surface area contributed by atoms with Gasteiger partial charge in [-0.2, -0.15) is 11.8 Å². The Kier molecular flexibility index (Phi) is 3.82. The zero-order valence-corrected chi connectivity index (χ0v) is 9.99. The van der Waals surface area contributed by atoms with Crippen LogP contribution in [0.1, 0.15) is 24.9 Å². The van der Waals surface area contributed by atoms with Crippen molar-refractivity contribution in [2.75, 3.05) is 11.5 Å². The maximum Gasteiger partial charge on any atom is 0.163 e. The largest absolute Gasteiger partial charge is 0.306 e. The molecular formula is C12H15F2NS. The van der Waals surface area contributed by atoms with Crippen molar-refractivity contribution in [3.8, 4) is 0 Å². The number of halogens is 2. The van der Waals surface area contributed by atoms with Crippen molar-refractivity contribution in [3.05, 3.63) is 35.4 Å². The monoisotopic (exact) mass is 243 g/mol. The van der Waals surface area contributed by atoms with E-state index in [-0.39, 0.29) is 6.04 Å². The second-order valence-corrected chi connectivity index (χ2v) is 5.08. The van der Waals surface area contributed by atoms with Gasteiger partial charge in [0.2, 0.25) is 0 Å². The van der Waals surface area contributed by atoms with Gasteiger partial charge in [-0.1, -0.05) is 19.1 Å². The molecule has 1 aromatic carbocycles. The van der Waals surface area contributed by atoms with Crippen LogP contribution in [0.5, 0.6) is 0 Å². The van der Waals surface area contributed by atoms with Gasteiger partial charge in [0.15, 0.2) is 11.6 Å². The van der Waals surface area contributed by atoms with Crippen LogP contribution in [0.3, 0.4) is 0 Å². The van der Waals surface area contributed by atoms with Crippen molar-refractivity contribution < 1.29 is 8.78 Å². The number of rotatable bonds is 2. The standard InChI is InChI=1S/C12H15F2NS/c1-2-8-6-16-7-11(15-8)9-4-3-5-10(13)12(9)14/h3-5,8,11,15H,2,6-7H2,1H3. The summed E-state index contributed by atoms with van der Waals surface area (Å²) in [6, 6.07) is 4.71. The van der Waals surface area contributed by atoms with Crippen LogP contribution in [-0.2, 0) is 0 Å². The lowest BCUT2D eigenvalue weighted by Crippen LogP contribution is -2.40. The third-order valence-electron chi connectivity index (χ3n) is 2.89. The van der Waals surface area contributed by atoms with E-state index >= 15 is 0 Å². The molecule has 1 heterocycles. The summed E-state index contributed by atoms with van der Waals surface area (Å²) in [4.78, 5) is 0. The molecule has 0 amide bonds. The maximum absolute atomic E-state index is 13.6. The van der Waals surface area contributed by atoms with Crippen molar-refractivity contribution in [1.29, 1.82) is 0 Å². The molecule has 88 valence electrons. The summed E-state index contributed by atoms with van der Waals surface area (Å²) in [5, 5.41) is 3.36. The fraction of sp³-hybridized carbons (Fsp3) is 0.500. The summed E-state index contributed by atoms with van der Waals surface area (Å²) < 4.78 is 26.7. The van der Waals surface area contributed by atoms with Crippen molar-refractivity contribution in [3.63, 3.8) is 0 Å². The summed E-state index contributed by atoms with van der Waals surface area (Å²) in [6.45, 7) is 2.10. The van der Waals surface area contributed by atoms with E-state index in [0.29, 0.717) is 11.6 Å². The quantitative estimate of drug-likeness (QED) is 0.856. The molecule has 2 unspecified atom stereocenters. The molecule has 1 aromatic rings. The van der Waals surface area contributed by atoms with E-state index in [2.05, 4.69) is 12.2 Å². The molecule has 0 radical (unpaired) electrons. The average molecular weight is 243 g/mol. The highest BCUT2D eigenvalue weighted by atomic mass is 32.2. The lowest BCUT2D eigenvalue weighted by atomic mass is 10.1. The Morgan fingerprint density at radius 3 is 2.94 bits per heavy atom. The van der Waals surface area contributed by atoms with E-state index in [1.165, 1.54) is 0 Å². The number of benzene rings is 1. The molecular weight excluding hydrogens is 228 g/mol. The second-order valence-electron chi connectivity index (χ2n) is 4.00. The van der Waals surface area contributed by atoms with Crippen LogP contribution >= 0.6 is 11.8 Å². The molecule has 0 bridgehead atoms. The van der Waals surface area contributed by atoms with Gasteiger partial charge in [0.05, 0.1) is 0 Å². The van der Waals surface area contributed by atoms with Gasteiger partial charge in [0.1, 0.15) is 0 Å². The second kappa shape index (κ2) is 5.15. The van der Waals surface area contributed by atoms with Gasteiger partial charge < -0.3 is 5.32 Å². The van der Waals surface area contributed by atoms with Crippen molar-refractivity contribution in [1.82, 2.24) is 5.32 Å². The molecule has 1 nitrogen and oxygen atoms in total. The van der Waals surface area contributed by atoms with Crippen LogP contribution in [0.2, 0.25) is 0 Å². The van der Waals surface area contributed by atoms with Crippen molar-refractivity contribution in [2.24, 2.45) is 0 Å². The van der Waals surface area contributed by atoms with Gasteiger partial charge in [-0.15, -0.1) is 0 Å². The van der Waals surface area contributed by atoms with E-state index in [0.717, 1.165) is 24.0 Å². The average Bonchev–Trinajstić information content (AvgIpc) is 2.33. The molecule has 1 N–H and O–H groups in total. The lowest BCUT2D eigenvalue weighted by Gasteiger charge is -2.30. The summed E-state index contributed by atoms with van der Waals surface area (Å²) in [5.74, 6) is 0.376. The van der Waals surface area contributed by atoms with Gasteiger partial charge >= 0.3 is 0 Å². The molecule has 4 heteroatoms. The van der Waals surface area contributed by atoms with Crippen LogP contribution in [-0.4, -0.2) is 17.5 Å². The molecule has 1 fully saturated rings. The molecule has 1 aliphatic heterocycles. The fourth-order valence-electron chi connectivity index (χ4n) is 1.91. The first kappa shape index (κ1) is 11.9. The minimum absolute atomic E-state index is 0.0700. The van der Waals surface area contributed by atoms with E-state index in [1.54, 1.807) is 23.9 Å². The molecule has 0 aromatic heterocycles. The highest BCUT2D eigenvalue weighted by molar-refractivity contribution is 7.99. The molecule has 1 saturated heterocycles. The Bertz CT molecular complexity index is 370. The summed E-state index contributed by atoms with van der Waals surface area (Å²) in [7, 11) is 0. The SMILES string of the molecule is CCC1CSCC(c2cccc(F)c2F)N1. The van der Waals surface area contributed by atoms with E-state index < -0.39 is 11.6 Å². The molecule has 1 aliphatic rings. The Hall–Kier alpha value is -0.610. The van der Waals surface area contributed by atoms with Gasteiger partial charge in [-0.05, 0) is 12.5 Å². The van der Waals surface area contributed by atoms with Gasteiger partial charge in [-0.3, -0.25) is 0 Å². The smallest absolute Gasteiger partial charge is 0.163 e. The first-order valence-corrected chi connectivity index (χ1v) is 6.65. The molecule has 16 heavy (non-hydrogen) atoms. The molecule has 0 spiro atoms. The molecule has 0 aliphatic carbocycles. The van der Waals surface area contributed by atoms with E-state index in [4.69, 9.17) is 0 Å². The highest BCUT2D eigenvalue weighted by Gasteiger charge is 2.24. The predicted octanol–water partition coefficient (Wildman–Crippen LogP) is 3.12. The zero-order chi connectivity index (χ0) is 11.5. The van der Waals surface area contributed by atoms with E-state index in [1.807, 2.05) is 0 Å². The third kappa shape index (κ3) is 2.38. The Morgan fingerprint density at radius 2 is 2.19 bits per heavy atom. The fourth-order valence-corrected chi connectivity index (χ4v) is 3.18. The third-order valence-corrected chi connectivity index (χ3v) is 4.10. The van der Waals surface area contributed by atoms with Crippen LogP contribution < -0.4 is 5.32 Å². The number of thioether (sulfide) groups is 1. The van der Waals surface area contributed by atoms with Crippen LogP contribution in [0, 0.1) is 11.6 Å². The van der Waals surface area contributed by atoms with E-state index in [9.17, 15) is 8.78 Å². The first-order chi connectivity index (χ1) is 7.72. The normalized spacial score (nSPS) is 25.7. The summed E-state index contributed by atoms with van der Waals surface area (Å²) in [5.41, 5.74) is 0.450. The van der Waals surface area contributed by atoms with Crippen molar-refractivity contribution in [2.45, 2.75) is 25.4 Å². The maximum atomic E-state index is 13.6. The summed E-state index contributed by atoms with van der Waals surface area (Å²) in [6.07, 6.45) is 1.01. The number of hydrogen-bond acceptors (Lipinski definition) is 2. The minimum atomic E-state index is -0.761. The molecule has 0 saturated carbocycles. The first-order valence-electron chi connectivity index (χ1n) is 5.50. The molecule has 2 rings (SSSR count). The van der Waals surface area contributed by atoms with Crippen molar-refractivity contribution >= 4 is 11.8 Å². The minimum Gasteiger partial charge on any atom is -0.306 e.